The minimum Gasteiger partial charge on any atom is -0.444 e. The number of aryl methyl sites for hydroxylation is 1. The molecule has 0 saturated carbocycles. The van der Waals surface area contributed by atoms with Crippen LogP contribution >= 0.6 is 0 Å². The van der Waals surface area contributed by atoms with Crippen LogP contribution < -0.4 is 15.5 Å². The van der Waals surface area contributed by atoms with E-state index in [2.05, 4.69) is 20.4 Å². The quantitative estimate of drug-likeness (QED) is 0.463. The number of hydrogen-bond donors (Lipinski definition) is 2. The first kappa shape index (κ1) is 24.0. The zero-order valence-corrected chi connectivity index (χ0v) is 19.1. The molecule has 3 aromatic rings. The Morgan fingerprint density at radius 3 is 2.69 bits per heavy atom. The predicted molar refractivity (Wildman–Crippen MR) is 120 cm³/mol. The van der Waals surface area contributed by atoms with Crippen molar-refractivity contribution >= 4 is 29.3 Å². The average molecular weight is 492 g/mol. The van der Waals surface area contributed by atoms with Gasteiger partial charge in [0.05, 0.1) is 6.20 Å². The number of anilines is 3. The van der Waals surface area contributed by atoms with Gasteiger partial charge in [-0.25, -0.2) is 27.9 Å². The van der Waals surface area contributed by atoms with Crippen molar-refractivity contribution in [2.75, 3.05) is 28.6 Å². The van der Waals surface area contributed by atoms with Gasteiger partial charge in [0.2, 0.25) is 12.2 Å². The van der Waals surface area contributed by atoms with Gasteiger partial charge in [-0.2, -0.15) is 5.10 Å². The number of carbonyl (C=O) groups excluding carboxylic acids is 2. The number of urea groups is 1. The fraction of sp³-hybridized carbons (Fsp3) is 0.381. The van der Waals surface area contributed by atoms with Crippen LogP contribution in [0.25, 0.3) is 11.5 Å². The monoisotopic (exact) mass is 492 g/mol. The van der Waals surface area contributed by atoms with Crippen molar-refractivity contribution in [1.82, 2.24) is 24.6 Å². The summed E-state index contributed by atoms with van der Waals surface area (Å²) < 4.78 is 45.0. The molecule has 4 rings (SSSR count). The molecule has 4 heterocycles. The molecule has 1 atom stereocenters. The van der Waals surface area contributed by atoms with Gasteiger partial charge in [-0.3, -0.25) is 14.4 Å². The topological polar surface area (TPSA) is 121 Å². The highest BCUT2D eigenvalue weighted by atomic mass is 19.3. The summed E-state index contributed by atoms with van der Waals surface area (Å²) in [5.41, 5.74) is 0.535. The highest BCUT2D eigenvalue weighted by molar-refractivity contribution is 6.06. The zero-order valence-electron chi connectivity index (χ0n) is 19.1. The molecular formula is C21H23F3N8O3. The molecule has 1 saturated heterocycles. The van der Waals surface area contributed by atoms with Crippen LogP contribution in [0.3, 0.4) is 0 Å². The van der Waals surface area contributed by atoms with E-state index in [1.807, 2.05) is 19.2 Å². The lowest BCUT2D eigenvalue weighted by molar-refractivity contribution is 0.0648. The minimum atomic E-state index is -3.22. The third kappa shape index (κ3) is 5.05. The lowest BCUT2D eigenvalue weighted by Gasteiger charge is -2.21. The lowest BCUT2D eigenvalue weighted by Crippen LogP contribution is -2.36. The van der Waals surface area contributed by atoms with Crippen molar-refractivity contribution in [3.63, 3.8) is 0 Å². The van der Waals surface area contributed by atoms with E-state index in [0.717, 1.165) is 6.26 Å². The Hall–Kier alpha value is -4.10. The average Bonchev–Trinajstić information content (AvgIpc) is 3.52. The zero-order chi connectivity index (χ0) is 25.3. The molecule has 1 aliphatic heterocycles. The molecule has 3 aromatic heterocycles. The Morgan fingerprint density at radius 2 is 2.00 bits per heavy atom. The summed E-state index contributed by atoms with van der Waals surface area (Å²) in [7, 11) is 1.67. The van der Waals surface area contributed by atoms with E-state index in [-0.39, 0.29) is 29.5 Å². The second-order valence-electron chi connectivity index (χ2n) is 8.06. The Morgan fingerprint density at radius 1 is 1.23 bits per heavy atom. The van der Waals surface area contributed by atoms with Gasteiger partial charge in [0.25, 0.3) is 12.3 Å². The Labute approximate surface area is 197 Å². The Balaban J connectivity index is 1.50. The lowest BCUT2D eigenvalue weighted by atomic mass is 10.2. The van der Waals surface area contributed by atoms with Crippen LogP contribution in [0.1, 0.15) is 24.3 Å². The van der Waals surface area contributed by atoms with Crippen molar-refractivity contribution < 1.29 is 27.2 Å². The van der Waals surface area contributed by atoms with Gasteiger partial charge in [-0.15, -0.1) is 0 Å². The molecular weight excluding hydrogens is 469 g/mol. The molecule has 1 unspecified atom stereocenters. The summed E-state index contributed by atoms with van der Waals surface area (Å²) in [5.74, 6) is -0.454. The molecule has 35 heavy (non-hydrogen) atoms. The highest BCUT2D eigenvalue weighted by Crippen LogP contribution is 2.29. The van der Waals surface area contributed by atoms with E-state index in [4.69, 9.17) is 4.42 Å². The normalized spacial score (nSPS) is 14.8. The number of alkyl halides is 3. The van der Waals surface area contributed by atoms with E-state index in [1.165, 1.54) is 27.9 Å². The molecule has 1 aliphatic rings. The van der Waals surface area contributed by atoms with Crippen LogP contribution in [0.4, 0.5) is 35.3 Å². The summed E-state index contributed by atoms with van der Waals surface area (Å²) in [4.78, 5) is 36.7. The molecule has 0 aromatic carbocycles. The largest absolute Gasteiger partial charge is 0.444 e. The number of halogens is 3. The van der Waals surface area contributed by atoms with E-state index in [9.17, 15) is 22.8 Å². The van der Waals surface area contributed by atoms with Gasteiger partial charge >= 0.3 is 6.03 Å². The third-order valence-corrected chi connectivity index (χ3v) is 5.23. The number of oxazole rings is 1. The van der Waals surface area contributed by atoms with Gasteiger partial charge in [0.15, 0.2) is 11.5 Å². The second kappa shape index (κ2) is 9.64. The number of hydrogen-bond acceptors (Lipinski definition) is 7. The molecule has 0 aliphatic carbocycles. The minimum absolute atomic E-state index is 0.00163. The highest BCUT2D eigenvalue weighted by Gasteiger charge is 2.34. The van der Waals surface area contributed by atoms with Crippen molar-refractivity contribution in [1.29, 1.82) is 0 Å². The standard InChI is InChI=1S/C21H23F3N8O3/c1-11(2)31-6-7-32(21(31)34)18-13(9-30(3)29-18)26-19(33)14-10-35-20(27-14)12-4-5-25-15(8-12)28-17(24)16(22)23/h4-5,8-11,16-17H,6-7H2,1-3H3,(H,25,28)(H,26,33). The number of carbonyl (C=O) groups is 2. The van der Waals surface area contributed by atoms with Crippen molar-refractivity contribution in [2.24, 2.45) is 7.05 Å². The summed E-state index contributed by atoms with van der Waals surface area (Å²) in [6.07, 6.45) is -1.87. The van der Waals surface area contributed by atoms with E-state index < -0.39 is 18.6 Å². The summed E-state index contributed by atoms with van der Waals surface area (Å²) in [6, 6.07) is 2.55. The van der Waals surface area contributed by atoms with Crippen molar-refractivity contribution in [3.8, 4) is 11.5 Å². The van der Waals surface area contributed by atoms with Gasteiger partial charge in [0.1, 0.15) is 17.8 Å². The smallest absolute Gasteiger partial charge is 0.326 e. The molecule has 186 valence electrons. The molecule has 1 fully saturated rings. The van der Waals surface area contributed by atoms with Gasteiger partial charge in [-0.1, -0.05) is 0 Å². The number of nitrogens with one attached hydrogen (secondary N) is 2. The van der Waals surface area contributed by atoms with Gasteiger partial charge in [-0.05, 0) is 26.0 Å². The Bertz CT molecular complexity index is 1230. The fourth-order valence-corrected chi connectivity index (χ4v) is 3.54. The number of aromatic nitrogens is 4. The number of amides is 3. The molecule has 0 radical (unpaired) electrons. The number of pyridine rings is 1. The maximum absolute atomic E-state index is 13.3. The molecule has 3 amide bonds. The van der Waals surface area contributed by atoms with E-state index >= 15 is 0 Å². The first-order chi connectivity index (χ1) is 16.6. The van der Waals surface area contributed by atoms with Crippen LogP contribution in [0.2, 0.25) is 0 Å². The summed E-state index contributed by atoms with van der Waals surface area (Å²) >= 11 is 0. The first-order valence-electron chi connectivity index (χ1n) is 10.7. The maximum atomic E-state index is 13.3. The van der Waals surface area contributed by atoms with Gasteiger partial charge < -0.3 is 20.0 Å². The van der Waals surface area contributed by atoms with E-state index in [1.54, 1.807) is 18.1 Å². The maximum Gasteiger partial charge on any atom is 0.326 e. The fourth-order valence-electron chi connectivity index (χ4n) is 3.54. The van der Waals surface area contributed by atoms with Crippen LogP contribution in [0, 0.1) is 0 Å². The third-order valence-electron chi connectivity index (χ3n) is 5.23. The number of rotatable bonds is 8. The van der Waals surface area contributed by atoms with Gasteiger partial charge in [0, 0.05) is 37.9 Å². The molecule has 2 N–H and O–H groups in total. The second-order valence-corrected chi connectivity index (χ2v) is 8.06. The molecule has 0 spiro atoms. The molecule has 11 nitrogen and oxygen atoms in total. The number of nitrogens with zero attached hydrogens (tertiary/aromatic N) is 6. The SMILES string of the molecule is CC(C)N1CCN(c2nn(C)cc2NC(=O)c2coc(-c3ccnc(NC(F)C(F)F)c3)n2)C1=O. The summed E-state index contributed by atoms with van der Waals surface area (Å²) in [5, 5.41) is 8.95. The molecule has 14 heteroatoms. The Kier molecular flexibility index (Phi) is 6.62. The van der Waals surface area contributed by atoms with Crippen molar-refractivity contribution in [2.45, 2.75) is 32.6 Å². The first-order valence-corrected chi connectivity index (χ1v) is 10.7. The van der Waals surface area contributed by atoms with Crippen molar-refractivity contribution in [3.05, 3.63) is 36.5 Å². The molecule has 0 bridgehead atoms. The van der Waals surface area contributed by atoms with Crippen LogP contribution in [-0.2, 0) is 7.05 Å². The van der Waals surface area contributed by atoms with Crippen LogP contribution in [-0.4, -0.2) is 68.4 Å². The van der Waals surface area contributed by atoms with Crippen LogP contribution in [0.5, 0.6) is 0 Å². The van der Waals surface area contributed by atoms with E-state index in [0.29, 0.717) is 30.2 Å². The summed E-state index contributed by atoms with van der Waals surface area (Å²) in [6.45, 7) is 4.80. The van der Waals surface area contributed by atoms with Crippen LogP contribution in [0.15, 0.2) is 35.2 Å². The predicted octanol–water partition coefficient (Wildman–Crippen LogP) is 3.35.